The molecular weight excluding hydrogens is 206 g/mol. The summed E-state index contributed by atoms with van der Waals surface area (Å²) in [6.45, 7) is 5.34. The lowest BCUT2D eigenvalue weighted by Gasteiger charge is -2.36. The van der Waals surface area contributed by atoms with Gasteiger partial charge in [0.05, 0.1) is 6.10 Å². The van der Waals surface area contributed by atoms with E-state index in [1.807, 2.05) is 0 Å². The van der Waals surface area contributed by atoms with Crippen LogP contribution < -0.4 is 5.73 Å². The predicted octanol–water partition coefficient (Wildman–Crippen LogP) is 0.870. The third kappa shape index (κ3) is 3.98. The summed E-state index contributed by atoms with van der Waals surface area (Å²) in [5.41, 5.74) is 5.42. The largest absolute Gasteiger partial charge is 0.409 e. The number of likely N-dealkylation sites (tertiary alicyclic amines) is 1. The Labute approximate surface area is 97.2 Å². The fraction of sp³-hybridized carbons (Fsp3) is 0.909. The lowest BCUT2D eigenvalue weighted by Crippen LogP contribution is -2.44. The van der Waals surface area contributed by atoms with Gasteiger partial charge in [-0.2, -0.15) is 0 Å². The molecule has 1 rings (SSSR count). The summed E-state index contributed by atoms with van der Waals surface area (Å²) in [4.78, 5) is 2.39. The highest BCUT2D eigenvalue weighted by atomic mass is 16.5. The van der Waals surface area contributed by atoms with Gasteiger partial charge in [0.2, 0.25) is 0 Å². The highest BCUT2D eigenvalue weighted by molar-refractivity contribution is 5.79. The molecule has 94 valence electrons. The summed E-state index contributed by atoms with van der Waals surface area (Å²) in [5.74, 6) is 0.957. The van der Waals surface area contributed by atoms with E-state index < -0.39 is 0 Å². The van der Waals surface area contributed by atoms with Crippen molar-refractivity contribution in [1.29, 1.82) is 0 Å². The fourth-order valence-corrected chi connectivity index (χ4v) is 2.14. The van der Waals surface area contributed by atoms with Crippen LogP contribution in [0.2, 0.25) is 0 Å². The normalized spacial score (nSPS) is 28.2. The molecule has 0 aliphatic carbocycles. The van der Waals surface area contributed by atoms with E-state index in [1.54, 1.807) is 7.11 Å². The number of piperidine rings is 1. The van der Waals surface area contributed by atoms with Crippen molar-refractivity contribution >= 4 is 5.84 Å². The van der Waals surface area contributed by atoms with Crippen molar-refractivity contribution in [2.75, 3.05) is 26.7 Å². The minimum absolute atomic E-state index is 0.314. The maximum Gasteiger partial charge on any atom is 0.139 e. The van der Waals surface area contributed by atoms with Crippen molar-refractivity contribution in [3.05, 3.63) is 0 Å². The van der Waals surface area contributed by atoms with Gasteiger partial charge in [0.15, 0.2) is 0 Å². The first-order valence-corrected chi connectivity index (χ1v) is 5.89. The van der Waals surface area contributed by atoms with E-state index in [0.717, 1.165) is 26.1 Å². The molecule has 0 aromatic heterocycles. The van der Waals surface area contributed by atoms with Gasteiger partial charge in [-0.15, -0.1) is 0 Å². The molecular formula is C11H23N3O2. The zero-order chi connectivity index (χ0) is 12.0. The molecule has 3 N–H and O–H groups in total. The van der Waals surface area contributed by atoms with Crippen LogP contribution in [-0.4, -0.2) is 48.8 Å². The van der Waals surface area contributed by atoms with Crippen LogP contribution in [0.25, 0.3) is 0 Å². The van der Waals surface area contributed by atoms with Crippen molar-refractivity contribution in [3.63, 3.8) is 0 Å². The summed E-state index contributed by atoms with van der Waals surface area (Å²) in [7, 11) is 1.78. The SMILES string of the molecule is COC1CN(CCCC(N)=NO)CCC1C. The number of nitrogens with two attached hydrogens (primary N) is 1. The minimum atomic E-state index is 0.314. The number of nitrogens with zero attached hydrogens (tertiary/aromatic N) is 2. The van der Waals surface area contributed by atoms with E-state index in [-0.39, 0.29) is 0 Å². The summed E-state index contributed by atoms with van der Waals surface area (Å²) >= 11 is 0. The third-order valence-electron chi connectivity index (χ3n) is 3.31. The van der Waals surface area contributed by atoms with Crippen molar-refractivity contribution in [2.24, 2.45) is 16.8 Å². The molecule has 1 fully saturated rings. The molecule has 0 amide bonds. The summed E-state index contributed by atoms with van der Waals surface area (Å²) in [5, 5.41) is 11.4. The summed E-state index contributed by atoms with van der Waals surface area (Å²) in [6.07, 6.45) is 3.11. The van der Waals surface area contributed by atoms with E-state index in [9.17, 15) is 0 Å². The molecule has 1 aliphatic rings. The zero-order valence-corrected chi connectivity index (χ0v) is 10.2. The molecule has 0 aromatic carbocycles. The van der Waals surface area contributed by atoms with Gasteiger partial charge in [0.25, 0.3) is 0 Å². The van der Waals surface area contributed by atoms with Crippen LogP contribution in [0.3, 0.4) is 0 Å². The van der Waals surface area contributed by atoms with Gasteiger partial charge in [-0.1, -0.05) is 12.1 Å². The molecule has 16 heavy (non-hydrogen) atoms. The number of rotatable bonds is 5. The second-order valence-electron chi connectivity index (χ2n) is 4.54. The average Bonchev–Trinajstić information content (AvgIpc) is 2.31. The molecule has 1 heterocycles. The lowest BCUT2D eigenvalue weighted by atomic mass is 9.95. The highest BCUT2D eigenvalue weighted by Gasteiger charge is 2.25. The Hall–Kier alpha value is -0.810. The number of ether oxygens (including phenoxy) is 1. The topological polar surface area (TPSA) is 71.1 Å². The van der Waals surface area contributed by atoms with Gasteiger partial charge < -0.3 is 20.6 Å². The van der Waals surface area contributed by atoms with E-state index >= 15 is 0 Å². The quantitative estimate of drug-likeness (QED) is 0.317. The number of hydrogen-bond donors (Lipinski definition) is 2. The summed E-state index contributed by atoms with van der Waals surface area (Å²) < 4.78 is 5.45. The first kappa shape index (κ1) is 13.3. The second kappa shape index (κ2) is 6.70. The van der Waals surface area contributed by atoms with Crippen LogP contribution in [-0.2, 0) is 4.74 Å². The molecule has 1 aliphatic heterocycles. The Kier molecular flexibility index (Phi) is 5.55. The Morgan fingerprint density at radius 2 is 2.38 bits per heavy atom. The highest BCUT2D eigenvalue weighted by Crippen LogP contribution is 2.19. The predicted molar refractivity (Wildman–Crippen MR) is 63.7 cm³/mol. The van der Waals surface area contributed by atoms with Gasteiger partial charge in [0, 0.05) is 20.1 Å². The Balaban J connectivity index is 2.23. The smallest absolute Gasteiger partial charge is 0.139 e. The van der Waals surface area contributed by atoms with Crippen LogP contribution in [0.1, 0.15) is 26.2 Å². The van der Waals surface area contributed by atoms with Gasteiger partial charge in [-0.25, -0.2) is 0 Å². The number of amidine groups is 1. The van der Waals surface area contributed by atoms with Crippen LogP contribution in [0.5, 0.6) is 0 Å². The molecule has 0 spiro atoms. The third-order valence-corrected chi connectivity index (χ3v) is 3.31. The lowest BCUT2D eigenvalue weighted by molar-refractivity contribution is -0.00496. The molecule has 2 unspecified atom stereocenters. The van der Waals surface area contributed by atoms with Crippen LogP contribution in [0.4, 0.5) is 0 Å². The maximum atomic E-state index is 8.42. The van der Waals surface area contributed by atoms with Gasteiger partial charge in [-0.05, 0) is 31.8 Å². The average molecular weight is 229 g/mol. The first-order valence-electron chi connectivity index (χ1n) is 5.89. The van der Waals surface area contributed by atoms with Gasteiger partial charge in [0.1, 0.15) is 5.84 Å². The van der Waals surface area contributed by atoms with E-state index in [2.05, 4.69) is 17.0 Å². The molecule has 0 radical (unpaired) electrons. The first-order chi connectivity index (χ1) is 7.67. The van der Waals surface area contributed by atoms with E-state index in [4.69, 9.17) is 15.7 Å². The minimum Gasteiger partial charge on any atom is -0.409 e. The molecule has 5 nitrogen and oxygen atoms in total. The molecule has 5 heteroatoms. The van der Waals surface area contributed by atoms with Crippen molar-refractivity contribution in [2.45, 2.75) is 32.3 Å². The fourth-order valence-electron chi connectivity index (χ4n) is 2.14. The monoisotopic (exact) mass is 229 g/mol. The molecule has 0 saturated carbocycles. The molecule has 2 atom stereocenters. The number of hydrogen-bond acceptors (Lipinski definition) is 4. The Morgan fingerprint density at radius 1 is 1.62 bits per heavy atom. The van der Waals surface area contributed by atoms with Crippen LogP contribution >= 0.6 is 0 Å². The number of oxime groups is 1. The van der Waals surface area contributed by atoms with Crippen LogP contribution in [0, 0.1) is 5.92 Å². The number of methoxy groups -OCH3 is 1. The van der Waals surface area contributed by atoms with E-state index in [1.165, 1.54) is 6.42 Å². The van der Waals surface area contributed by atoms with Crippen molar-refractivity contribution in [1.82, 2.24) is 4.90 Å². The zero-order valence-electron chi connectivity index (χ0n) is 10.2. The molecule has 0 aromatic rings. The molecule has 1 saturated heterocycles. The Morgan fingerprint density at radius 3 is 3.00 bits per heavy atom. The standard InChI is InChI=1S/C11H23N3O2/c1-9-5-7-14(8-10(9)16-2)6-3-4-11(12)13-15/h9-10,15H,3-8H2,1-2H3,(H2,12,13). The Bertz CT molecular complexity index is 233. The van der Waals surface area contributed by atoms with Crippen molar-refractivity contribution < 1.29 is 9.94 Å². The molecule has 0 bridgehead atoms. The maximum absolute atomic E-state index is 8.42. The second-order valence-corrected chi connectivity index (χ2v) is 4.54. The van der Waals surface area contributed by atoms with E-state index in [0.29, 0.717) is 24.3 Å². The van der Waals surface area contributed by atoms with Gasteiger partial charge >= 0.3 is 0 Å². The van der Waals surface area contributed by atoms with Gasteiger partial charge in [-0.3, -0.25) is 0 Å². The van der Waals surface area contributed by atoms with Crippen LogP contribution in [0.15, 0.2) is 5.16 Å². The summed E-state index contributed by atoms with van der Waals surface area (Å²) in [6, 6.07) is 0. The van der Waals surface area contributed by atoms with Crippen molar-refractivity contribution in [3.8, 4) is 0 Å².